The van der Waals surface area contributed by atoms with Gasteiger partial charge < -0.3 is 15.2 Å². The second kappa shape index (κ2) is 8.22. The van der Waals surface area contributed by atoms with Crippen molar-refractivity contribution in [1.29, 1.82) is 0 Å². The minimum atomic E-state index is -0.918. The van der Waals surface area contributed by atoms with Gasteiger partial charge in [-0.15, -0.1) is 11.3 Å². The molecule has 0 aliphatic rings. The molecule has 8 heteroatoms. The van der Waals surface area contributed by atoms with E-state index in [4.69, 9.17) is 4.74 Å². The predicted octanol–water partition coefficient (Wildman–Crippen LogP) is 1.40. The maximum atomic E-state index is 12.6. The molecule has 0 bridgehead atoms. The van der Waals surface area contributed by atoms with E-state index in [0.29, 0.717) is 17.4 Å². The van der Waals surface area contributed by atoms with Crippen molar-refractivity contribution < 1.29 is 14.6 Å². The van der Waals surface area contributed by atoms with E-state index in [1.165, 1.54) is 7.05 Å². The van der Waals surface area contributed by atoms with E-state index in [1.807, 2.05) is 17.5 Å². The fourth-order valence-electron chi connectivity index (χ4n) is 2.59. The number of benzene rings is 1. The van der Waals surface area contributed by atoms with E-state index in [0.717, 1.165) is 9.56 Å². The van der Waals surface area contributed by atoms with Crippen molar-refractivity contribution in [3.8, 4) is 0 Å². The molecule has 2 aromatic heterocycles. The van der Waals surface area contributed by atoms with E-state index in [9.17, 15) is 14.7 Å². The molecule has 1 unspecified atom stereocenters. The summed E-state index contributed by atoms with van der Waals surface area (Å²) in [4.78, 5) is 25.8. The van der Waals surface area contributed by atoms with Gasteiger partial charge in [-0.1, -0.05) is 24.3 Å². The molecule has 0 radical (unpaired) electrons. The number of aromatic nitrogens is 2. The molecule has 1 atom stereocenters. The number of amides is 1. The molecule has 1 amide bonds. The fourth-order valence-corrected chi connectivity index (χ4v) is 3.23. The summed E-state index contributed by atoms with van der Waals surface area (Å²) in [6, 6.07) is 10.7. The number of fused-ring (bicyclic) bond motifs is 1. The Bertz CT molecular complexity index is 953. The number of carbonyl (C=O) groups excluding carboxylic acids is 1. The quantitative estimate of drug-likeness (QED) is 0.653. The summed E-state index contributed by atoms with van der Waals surface area (Å²) in [6.07, 6.45) is -0.918. The van der Waals surface area contributed by atoms with Crippen LogP contribution in [0.25, 0.3) is 10.8 Å². The summed E-state index contributed by atoms with van der Waals surface area (Å²) in [5.41, 5.74) is -0.208. The summed E-state index contributed by atoms with van der Waals surface area (Å²) >= 11 is 1.57. The normalized spacial score (nSPS) is 12.2. The Morgan fingerprint density at radius 3 is 2.77 bits per heavy atom. The van der Waals surface area contributed by atoms with Gasteiger partial charge in [0, 0.05) is 17.3 Å². The first-order valence-corrected chi connectivity index (χ1v) is 8.98. The second-order valence-corrected chi connectivity index (χ2v) is 6.74. The van der Waals surface area contributed by atoms with Gasteiger partial charge in [-0.3, -0.25) is 9.59 Å². The predicted molar refractivity (Wildman–Crippen MR) is 99.4 cm³/mol. The van der Waals surface area contributed by atoms with Crippen LogP contribution >= 0.6 is 11.3 Å². The number of nitrogens with one attached hydrogen (secondary N) is 1. The monoisotopic (exact) mass is 373 g/mol. The van der Waals surface area contributed by atoms with E-state index in [-0.39, 0.29) is 24.4 Å². The zero-order valence-corrected chi connectivity index (χ0v) is 15.0. The molecular weight excluding hydrogens is 354 g/mol. The lowest BCUT2D eigenvalue weighted by atomic mass is 10.1. The van der Waals surface area contributed by atoms with Gasteiger partial charge in [0.1, 0.15) is 0 Å². The van der Waals surface area contributed by atoms with Gasteiger partial charge in [0.05, 0.1) is 31.2 Å². The van der Waals surface area contributed by atoms with Gasteiger partial charge in [0.15, 0.2) is 5.69 Å². The standard InChI is InChI=1S/C18H19N3O4S/c1-19-17(23)16-14-6-2-3-7-15(14)18(24)21(20-16)9-12(22)10-25-11-13-5-4-8-26-13/h2-8,12,22H,9-11H2,1H3,(H,19,23). The summed E-state index contributed by atoms with van der Waals surface area (Å²) < 4.78 is 6.59. The van der Waals surface area contributed by atoms with E-state index in [2.05, 4.69) is 10.4 Å². The maximum absolute atomic E-state index is 12.6. The molecule has 2 heterocycles. The Labute approximate surface area is 153 Å². The lowest BCUT2D eigenvalue weighted by Gasteiger charge is -2.14. The van der Waals surface area contributed by atoms with Crippen LogP contribution in [-0.4, -0.2) is 40.6 Å². The number of hydrogen-bond acceptors (Lipinski definition) is 6. The maximum Gasteiger partial charge on any atom is 0.274 e. The van der Waals surface area contributed by atoms with Crippen molar-refractivity contribution in [2.24, 2.45) is 0 Å². The Kier molecular flexibility index (Phi) is 5.77. The number of rotatable bonds is 7. The van der Waals surface area contributed by atoms with Crippen molar-refractivity contribution in [2.75, 3.05) is 13.7 Å². The second-order valence-electron chi connectivity index (χ2n) is 5.71. The van der Waals surface area contributed by atoms with Crippen LogP contribution in [0.15, 0.2) is 46.6 Å². The highest BCUT2D eigenvalue weighted by Gasteiger charge is 2.17. The molecule has 0 saturated carbocycles. The molecule has 3 rings (SSSR count). The zero-order chi connectivity index (χ0) is 18.5. The molecule has 136 valence electrons. The molecule has 0 aliphatic carbocycles. The molecule has 0 aliphatic heterocycles. The topological polar surface area (TPSA) is 93.5 Å². The van der Waals surface area contributed by atoms with Crippen molar-refractivity contribution >= 4 is 28.0 Å². The van der Waals surface area contributed by atoms with E-state index < -0.39 is 12.0 Å². The molecule has 0 spiro atoms. The van der Waals surface area contributed by atoms with Gasteiger partial charge >= 0.3 is 0 Å². The molecule has 0 saturated heterocycles. The number of aliphatic hydroxyl groups is 1. The smallest absolute Gasteiger partial charge is 0.274 e. The lowest BCUT2D eigenvalue weighted by Crippen LogP contribution is -2.34. The summed E-state index contributed by atoms with van der Waals surface area (Å²) in [5.74, 6) is -0.390. The third-order valence-electron chi connectivity index (χ3n) is 3.83. The van der Waals surface area contributed by atoms with Crippen LogP contribution in [0, 0.1) is 0 Å². The highest BCUT2D eigenvalue weighted by atomic mass is 32.1. The first-order valence-electron chi connectivity index (χ1n) is 8.10. The number of nitrogens with zero attached hydrogens (tertiary/aromatic N) is 2. The van der Waals surface area contributed by atoms with Gasteiger partial charge in [0.25, 0.3) is 11.5 Å². The van der Waals surface area contributed by atoms with Crippen LogP contribution < -0.4 is 10.9 Å². The first kappa shape index (κ1) is 18.2. The third-order valence-corrected chi connectivity index (χ3v) is 4.68. The van der Waals surface area contributed by atoms with Crippen LogP contribution in [0.3, 0.4) is 0 Å². The Hall–Kier alpha value is -2.55. The van der Waals surface area contributed by atoms with Crippen molar-refractivity contribution in [1.82, 2.24) is 15.1 Å². The molecule has 7 nitrogen and oxygen atoms in total. The summed E-state index contributed by atoms with van der Waals surface area (Å²) in [7, 11) is 1.50. The lowest BCUT2D eigenvalue weighted by molar-refractivity contribution is 0.0189. The number of aliphatic hydroxyl groups excluding tert-OH is 1. The SMILES string of the molecule is CNC(=O)c1nn(CC(O)COCc2cccs2)c(=O)c2ccccc12. The van der Waals surface area contributed by atoms with Gasteiger partial charge in [0.2, 0.25) is 0 Å². The number of hydrogen-bond donors (Lipinski definition) is 2. The first-order chi connectivity index (χ1) is 12.6. The molecule has 3 aromatic rings. The molecule has 26 heavy (non-hydrogen) atoms. The minimum Gasteiger partial charge on any atom is -0.389 e. The number of thiophene rings is 1. The van der Waals surface area contributed by atoms with Gasteiger partial charge in [-0.05, 0) is 17.5 Å². The highest BCUT2D eigenvalue weighted by Crippen LogP contribution is 2.13. The fraction of sp³-hybridized carbons (Fsp3) is 0.278. The van der Waals surface area contributed by atoms with Crippen LogP contribution in [0.2, 0.25) is 0 Å². The van der Waals surface area contributed by atoms with Gasteiger partial charge in [-0.25, -0.2) is 4.68 Å². The average Bonchev–Trinajstić information content (AvgIpc) is 3.17. The zero-order valence-electron chi connectivity index (χ0n) is 14.2. The average molecular weight is 373 g/mol. The summed E-state index contributed by atoms with van der Waals surface area (Å²) in [6.45, 7) is 0.407. The highest BCUT2D eigenvalue weighted by molar-refractivity contribution is 7.09. The summed E-state index contributed by atoms with van der Waals surface area (Å²) in [5, 5.41) is 19.7. The van der Waals surface area contributed by atoms with E-state index in [1.54, 1.807) is 35.6 Å². The Balaban J connectivity index is 1.79. The molecule has 2 N–H and O–H groups in total. The Morgan fingerprint density at radius 2 is 2.08 bits per heavy atom. The number of carbonyl (C=O) groups is 1. The van der Waals surface area contributed by atoms with Crippen LogP contribution in [0.4, 0.5) is 0 Å². The third kappa shape index (κ3) is 3.98. The minimum absolute atomic E-state index is 0.0574. The molecule has 1 aromatic carbocycles. The van der Waals surface area contributed by atoms with Crippen molar-refractivity contribution in [2.45, 2.75) is 19.3 Å². The van der Waals surface area contributed by atoms with Crippen LogP contribution in [-0.2, 0) is 17.9 Å². The van der Waals surface area contributed by atoms with Crippen LogP contribution in [0.1, 0.15) is 15.4 Å². The largest absolute Gasteiger partial charge is 0.389 e. The van der Waals surface area contributed by atoms with Crippen molar-refractivity contribution in [3.05, 3.63) is 62.7 Å². The van der Waals surface area contributed by atoms with Crippen molar-refractivity contribution in [3.63, 3.8) is 0 Å². The van der Waals surface area contributed by atoms with Crippen LogP contribution in [0.5, 0.6) is 0 Å². The molecular formula is C18H19N3O4S. The van der Waals surface area contributed by atoms with E-state index >= 15 is 0 Å². The number of ether oxygens (including phenoxy) is 1. The van der Waals surface area contributed by atoms with Gasteiger partial charge in [-0.2, -0.15) is 5.10 Å². The Morgan fingerprint density at radius 1 is 1.31 bits per heavy atom. The molecule has 0 fully saturated rings.